The van der Waals surface area contributed by atoms with Gasteiger partial charge in [-0.1, -0.05) is 214 Å². The van der Waals surface area contributed by atoms with Crippen molar-refractivity contribution in [3.63, 3.8) is 0 Å². The molecule has 0 bridgehead atoms. The Morgan fingerprint density at radius 3 is 1.41 bits per heavy atom. The summed E-state index contributed by atoms with van der Waals surface area (Å²) in [7, 11) is 0. The average Bonchev–Trinajstić information content (AvgIpc) is 3.34. The number of hydrogen-bond donors (Lipinski definition) is 6. The molecule has 0 saturated carbocycles. The van der Waals surface area contributed by atoms with Crippen molar-refractivity contribution in [1.82, 2.24) is 5.32 Å². The Labute approximate surface area is 415 Å². The van der Waals surface area contributed by atoms with Crippen molar-refractivity contribution in [2.24, 2.45) is 0 Å². The second kappa shape index (κ2) is 47.8. The molecule has 0 aliphatic carbocycles. The summed E-state index contributed by atoms with van der Waals surface area (Å²) in [5.74, 6) is -0.213. The van der Waals surface area contributed by atoms with E-state index in [1.54, 1.807) is 6.08 Å². The molecule has 68 heavy (non-hydrogen) atoms. The molecule has 7 unspecified atom stereocenters. The fraction of sp³-hybridized carbons (Fsp3) is 0.712. The van der Waals surface area contributed by atoms with Crippen LogP contribution in [0.15, 0.2) is 97.2 Å². The van der Waals surface area contributed by atoms with Gasteiger partial charge in [0.15, 0.2) is 6.29 Å². The van der Waals surface area contributed by atoms with E-state index in [0.717, 1.165) is 103 Å². The number of carbonyl (C=O) groups is 1. The highest BCUT2D eigenvalue weighted by Crippen LogP contribution is 2.23. The third-order valence-corrected chi connectivity index (χ3v) is 12.4. The molecule has 0 spiro atoms. The molecule has 6 N–H and O–H groups in total. The number of amides is 1. The van der Waals surface area contributed by atoms with Gasteiger partial charge in [0.1, 0.15) is 24.4 Å². The maximum Gasteiger partial charge on any atom is 0.220 e. The Morgan fingerprint density at radius 2 is 0.926 bits per heavy atom. The van der Waals surface area contributed by atoms with Gasteiger partial charge in [0.2, 0.25) is 5.91 Å². The van der Waals surface area contributed by atoms with Crippen LogP contribution in [0.25, 0.3) is 0 Å². The van der Waals surface area contributed by atoms with Crippen LogP contribution in [0.3, 0.4) is 0 Å². The van der Waals surface area contributed by atoms with Crippen LogP contribution in [0.4, 0.5) is 0 Å². The first-order valence-corrected chi connectivity index (χ1v) is 27.5. The molecule has 390 valence electrons. The number of aliphatic hydroxyl groups is 5. The lowest BCUT2D eigenvalue weighted by Crippen LogP contribution is -2.60. The topological polar surface area (TPSA) is 149 Å². The van der Waals surface area contributed by atoms with Gasteiger partial charge in [0, 0.05) is 6.42 Å². The Morgan fingerprint density at radius 1 is 0.515 bits per heavy atom. The standard InChI is InChI=1S/C59H101NO8/c1-3-5-7-9-11-13-15-17-19-21-23-25-26-27-29-30-32-34-36-38-40-42-44-46-48-53(62)52(51-67-59-58(66)57(65)56(64)54(50-61)68-59)60-55(63)49-47-45-43-41-39-37-35-33-31-28-24-22-20-18-16-14-12-10-8-6-4-2/h6,8,12,14,18,20,24,28,30,32-33,35,38,40,46,48,52-54,56-59,61-62,64-66H,3-5,7,9-11,13,15-17,19,21-23,25-27,29,31,34,36-37,39,41-45,47,49-51H2,1-2H3,(H,60,63)/b8-6-,14-12-,20-18-,28-24-,32-30+,35-33-,40-38+,48-46+. The van der Waals surface area contributed by atoms with Gasteiger partial charge in [-0.3, -0.25) is 4.79 Å². The number of rotatable bonds is 45. The monoisotopic (exact) mass is 952 g/mol. The lowest BCUT2D eigenvalue weighted by molar-refractivity contribution is -0.302. The van der Waals surface area contributed by atoms with Crippen LogP contribution >= 0.6 is 0 Å². The number of aliphatic hydroxyl groups excluding tert-OH is 5. The summed E-state index contributed by atoms with van der Waals surface area (Å²) < 4.78 is 11.2. The van der Waals surface area contributed by atoms with E-state index in [4.69, 9.17) is 9.47 Å². The molecule has 0 aromatic rings. The fourth-order valence-corrected chi connectivity index (χ4v) is 8.04. The normalized spacial score (nSPS) is 20.4. The van der Waals surface area contributed by atoms with Gasteiger partial charge in [-0.05, 0) is 89.9 Å². The summed E-state index contributed by atoms with van der Waals surface area (Å²) in [6.45, 7) is 3.63. The predicted octanol–water partition coefficient (Wildman–Crippen LogP) is 13.2. The molecule has 1 rings (SSSR count). The van der Waals surface area contributed by atoms with Crippen molar-refractivity contribution in [2.75, 3.05) is 13.2 Å². The van der Waals surface area contributed by atoms with Crippen LogP contribution in [-0.2, 0) is 14.3 Å². The van der Waals surface area contributed by atoms with Crippen LogP contribution in [0, 0.1) is 0 Å². The van der Waals surface area contributed by atoms with E-state index >= 15 is 0 Å². The van der Waals surface area contributed by atoms with Gasteiger partial charge >= 0.3 is 0 Å². The van der Waals surface area contributed by atoms with E-state index in [-0.39, 0.29) is 12.5 Å². The molecular formula is C59H101NO8. The van der Waals surface area contributed by atoms with Crippen LogP contribution in [0.2, 0.25) is 0 Å². The van der Waals surface area contributed by atoms with Crippen molar-refractivity contribution >= 4 is 5.91 Å². The van der Waals surface area contributed by atoms with E-state index in [2.05, 4.69) is 104 Å². The zero-order chi connectivity index (χ0) is 49.4. The Balaban J connectivity index is 2.33. The summed E-state index contributed by atoms with van der Waals surface area (Å²) in [4.78, 5) is 13.0. The number of nitrogens with one attached hydrogen (secondary N) is 1. The minimum Gasteiger partial charge on any atom is -0.394 e. The molecule has 1 amide bonds. The quantitative estimate of drug-likeness (QED) is 0.0261. The number of hydrogen-bond acceptors (Lipinski definition) is 8. The second-order valence-electron chi connectivity index (χ2n) is 18.6. The maximum absolute atomic E-state index is 13.0. The summed E-state index contributed by atoms with van der Waals surface area (Å²) in [6, 6.07) is -0.846. The minimum atomic E-state index is -1.58. The molecule has 1 saturated heterocycles. The van der Waals surface area contributed by atoms with Crippen molar-refractivity contribution in [3.05, 3.63) is 97.2 Å². The third-order valence-electron chi connectivity index (χ3n) is 12.4. The van der Waals surface area contributed by atoms with Gasteiger partial charge in [-0.2, -0.15) is 0 Å². The van der Waals surface area contributed by atoms with E-state index < -0.39 is 49.5 Å². The zero-order valence-electron chi connectivity index (χ0n) is 43.1. The first-order chi connectivity index (χ1) is 33.3. The molecule has 1 aliphatic heterocycles. The Hall–Kier alpha value is -2.89. The highest BCUT2D eigenvalue weighted by Gasteiger charge is 2.44. The molecule has 0 aromatic carbocycles. The van der Waals surface area contributed by atoms with Crippen LogP contribution < -0.4 is 5.32 Å². The van der Waals surface area contributed by atoms with Crippen molar-refractivity contribution < 1.29 is 39.8 Å². The van der Waals surface area contributed by atoms with Crippen molar-refractivity contribution in [3.8, 4) is 0 Å². The highest BCUT2D eigenvalue weighted by molar-refractivity contribution is 5.76. The second-order valence-corrected chi connectivity index (χ2v) is 18.6. The summed E-state index contributed by atoms with van der Waals surface area (Å²) in [5.41, 5.74) is 0. The van der Waals surface area contributed by atoms with Gasteiger partial charge in [-0.25, -0.2) is 0 Å². The van der Waals surface area contributed by atoms with Crippen molar-refractivity contribution in [1.29, 1.82) is 0 Å². The summed E-state index contributed by atoms with van der Waals surface area (Å²) in [6.07, 6.45) is 61.8. The largest absolute Gasteiger partial charge is 0.394 e. The zero-order valence-corrected chi connectivity index (χ0v) is 43.1. The molecule has 0 radical (unpaired) electrons. The van der Waals surface area contributed by atoms with E-state index in [1.807, 2.05) is 6.08 Å². The van der Waals surface area contributed by atoms with E-state index in [1.165, 1.54) is 89.9 Å². The molecule has 9 nitrogen and oxygen atoms in total. The summed E-state index contributed by atoms with van der Waals surface area (Å²) >= 11 is 0. The molecule has 7 atom stereocenters. The fourth-order valence-electron chi connectivity index (χ4n) is 8.04. The molecule has 9 heteroatoms. The van der Waals surface area contributed by atoms with Crippen LogP contribution in [0.5, 0.6) is 0 Å². The van der Waals surface area contributed by atoms with Gasteiger partial charge in [0.05, 0.1) is 25.4 Å². The van der Waals surface area contributed by atoms with E-state index in [0.29, 0.717) is 6.42 Å². The lowest BCUT2D eigenvalue weighted by atomic mass is 9.99. The smallest absolute Gasteiger partial charge is 0.220 e. The van der Waals surface area contributed by atoms with Gasteiger partial charge < -0.3 is 40.3 Å². The number of ether oxygens (including phenoxy) is 2. The number of allylic oxidation sites excluding steroid dienone is 15. The first-order valence-electron chi connectivity index (χ1n) is 27.5. The van der Waals surface area contributed by atoms with Crippen molar-refractivity contribution in [2.45, 2.75) is 256 Å². The number of carbonyl (C=O) groups excluding carboxylic acids is 1. The predicted molar refractivity (Wildman–Crippen MR) is 285 cm³/mol. The molecule has 1 heterocycles. The Kier molecular flexibility index (Phi) is 44.3. The number of unbranched alkanes of at least 4 members (excludes halogenated alkanes) is 21. The van der Waals surface area contributed by atoms with Gasteiger partial charge in [-0.15, -0.1) is 0 Å². The van der Waals surface area contributed by atoms with Gasteiger partial charge in [0.25, 0.3) is 0 Å². The third kappa shape index (κ3) is 37.0. The lowest BCUT2D eigenvalue weighted by Gasteiger charge is -2.40. The molecule has 0 aromatic heterocycles. The first kappa shape index (κ1) is 63.1. The Bertz CT molecular complexity index is 1380. The SMILES string of the molecule is CC/C=C\C/C=C\C/C=C\C/C=C\C/C=C\CCCCCCCC(=O)NC(COC1OC(CO)C(O)C(O)C1O)C(O)/C=C/CC/C=C/CC/C=C/CCCCCCCCCCCCCCCC. The minimum absolute atomic E-state index is 0.213. The average molecular weight is 952 g/mol. The molecule has 1 fully saturated rings. The highest BCUT2D eigenvalue weighted by atomic mass is 16.7. The molecular weight excluding hydrogens is 851 g/mol. The van der Waals surface area contributed by atoms with E-state index in [9.17, 15) is 30.3 Å². The van der Waals surface area contributed by atoms with Crippen LogP contribution in [0.1, 0.15) is 213 Å². The molecule has 1 aliphatic rings. The maximum atomic E-state index is 13.0. The summed E-state index contributed by atoms with van der Waals surface area (Å²) in [5, 5.41) is 54.4. The van der Waals surface area contributed by atoms with Crippen LogP contribution in [-0.4, -0.2) is 87.5 Å².